The molecular weight excluding hydrogens is 230 g/mol. The summed E-state index contributed by atoms with van der Waals surface area (Å²) in [6.45, 7) is 2.04. The van der Waals surface area contributed by atoms with Crippen LogP contribution < -0.4 is 4.90 Å². The second-order valence-corrected chi connectivity index (χ2v) is 4.17. The van der Waals surface area contributed by atoms with Gasteiger partial charge in [0.1, 0.15) is 6.54 Å². The number of hydrogen-bond acceptors (Lipinski definition) is 4. The van der Waals surface area contributed by atoms with Crippen molar-refractivity contribution in [3.8, 4) is 6.07 Å². The molecule has 1 fully saturated rings. The number of aryl methyl sites for hydroxylation is 1. The lowest BCUT2D eigenvalue weighted by Gasteiger charge is -2.33. The Bertz CT molecular complexity index is 515. The summed E-state index contributed by atoms with van der Waals surface area (Å²) >= 11 is 0. The molecule has 1 aliphatic rings. The van der Waals surface area contributed by atoms with Gasteiger partial charge >= 0.3 is 0 Å². The molecule has 5 nitrogen and oxygen atoms in total. The first kappa shape index (κ1) is 12.1. The van der Waals surface area contributed by atoms with Gasteiger partial charge in [0.05, 0.1) is 19.2 Å². The zero-order valence-electron chi connectivity index (χ0n) is 10.1. The van der Waals surface area contributed by atoms with Crippen molar-refractivity contribution >= 4 is 17.5 Å². The second-order valence-electron chi connectivity index (χ2n) is 4.17. The average molecular weight is 243 g/mol. The zero-order valence-corrected chi connectivity index (χ0v) is 10.1. The van der Waals surface area contributed by atoms with Gasteiger partial charge in [-0.2, -0.15) is 5.26 Å². The van der Waals surface area contributed by atoms with E-state index in [9.17, 15) is 9.59 Å². The summed E-state index contributed by atoms with van der Waals surface area (Å²) in [4.78, 5) is 26.4. The van der Waals surface area contributed by atoms with Gasteiger partial charge in [-0.3, -0.25) is 14.5 Å². The van der Waals surface area contributed by atoms with Crippen molar-refractivity contribution in [3.05, 3.63) is 29.8 Å². The molecule has 92 valence electrons. The van der Waals surface area contributed by atoms with Gasteiger partial charge in [-0.1, -0.05) is 18.2 Å². The summed E-state index contributed by atoms with van der Waals surface area (Å²) in [6.07, 6.45) is 0. The number of nitriles is 1. The number of amides is 2. The van der Waals surface area contributed by atoms with E-state index in [0.717, 1.165) is 16.2 Å². The SMILES string of the molecule is Cc1ccccc1N1CC(=O)N(CC#N)C(=O)C1. The van der Waals surface area contributed by atoms with Gasteiger partial charge in [0.25, 0.3) is 0 Å². The number of rotatable bonds is 2. The third kappa shape index (κ3) is 2.18. The van der Waals surface area contributed by atoms with Crippen LogP contribution in [0.5, 0.6) is 0 Å². The highest BCUT2D eigenvalue weighted by molar-refractivity contribution is 6.03. The van der Waals surface area contributed by atoms with E-state index in [0.29, 0.717) is 0 Å². The molecule has 1 aromatic carbocycles. The quantitative estimate of drug-likeness (QED) is 0.566. The summed E-state index contributed by atoms with van der Waals surface area (Å²) in [5, 5.41) is 8.57. The van der Waals surface area contributed by atoms with Crippen molar-refractivity contribution in [1.82, 2.24) is 4.90 Å². The maximum absolute atomic E-state index is 11.8. The Morgan fingerprint density at radius 1 is 1.22 bits per heavy atom. The number of benzene rings is 1. The maximum Gasteiger partial charge on any atom is 0.249 e. The van der Waals surface area contributed by atoms with Crippen molar-refractivity contribution in [3.63, 3.8) is 0 Å². The molecule has 1 saturated heterocycles. The summed E-state index contributed by atoms with van der Waals surface area (Å²) in [6, 6.07) is 9.44. The van der Waals surface area contributed by atoms with Crippen molar-refractivity contribution < 1.29 is 9.59 Å². The topological polar surface area (TPSA) is 64.4 Å². The minimum absolute atomic E-state index is 0.137. The van der Waals surface area contributed by atoms with Gasteiger partial charge < -0.3 is 4.90 Å². The Morgan fingerprint density at radius 2 is 1.83 bits per heavy atom. The average Bonchev–Trinajstić information content (AvgIpc) is 2.34. The van der Waals surface area contributed by atoms with Crippen molar-refractivity contribution in [2.45, 2.75) is 6.92 Å². The molecule has 0 saturated carbocycles. The van der Waals surface area contributed by atoms with E-state index in [1.54, 1.807) is 4.90 Å². The molecule has 0 spiro atoms. The third-order valence-corrected chi connectivity index (χ3v) is 2.94. The summed E-state index contributed by atoms with van der Waals surface area (Å²) in [7, 11) is 0. The molecule has 0 radical (unpaired) electrons. The first-order chi connectivity index (χ1) is 8.63. The highest BCUT2D eigenvalue weighted by Gasteiger charge is 2.31. The Morgan fingerprint density at radius 3 is 2.39 bits per heavy atom. The number of imide groups is 1. The largest absolute Gasteiger partial charge is 0.353 e. The third-order valence-electron chi connectivity index (χ3n) is 2.94. The Balaban J connectivity index is 2.21. The number of nitrogens with zero attached hydrogens (tertiary/aromatic N) is 3. The number of carbonyl (C=O) groups is 2. The molecule has 2 amide bonds. The molecular formula is C13H13N3O2. The standard InChI is InChI=1S/C13H13N3O2/c1-10-4-2-3-5-11(10)15-8-12(17)16(7-6-14)13(18)9-15/h2-5H,7-9H2,1H3. The fraction of sp³-hybridized carbons (Fsp3) is 0.308. The van der Waals surface area contributed by atoms with Crippen molar-refractivity contribution in [2.75, 3.05) is 24.5 Å². The molecule has 0 aromatic heterocycles. The van der Waals surface area contributed by atoms with E-state index in [2.05, 4.69) is 0 Å². The van der Waals surface area contributed by atoms with Gasteiger partial charge in [0, 0.05) is 5.69 Å². The second kappa shape index (κ2) is 4.88. The highest BCUT2D eigenvalue weighted by Crippen LogP contribution is 2.21. The minimum Gasteiger partial charge on any atom is -0.353 e. The van der Waals surface area contributed by atoms with E-state index in [1.807, 2.05) is 37.3 Å². The molecule has 18 heavy (non-hydrogen) atoms. The predicted molar refractivity (Wildman–Crippen MR) is 65.7 cm³/mol. The summed E-state index contributed by atoms with van der Waals surface area (Å²) < 4.78 is 0. The Kier molecular flexibility index (Phi) is 3.28. The van der Waals surface area contributed by atoms with E-state index < -0.39 is 0 Å². The lowest BCUT2D eigenvalue weighted by molar-refractivity contribution is -0.144. The van der Waals surface area contributed by atoms with Crippen LogP contribution >= 0.6 is 0 Å². The lowest BCUT2D eigenvalue weighted by Crippen LogP contribution is -2.54. The smallest absolute Gasteiger partial charge is 0.249 e. The first-order valence-electron chi connectivity index (χ1n) is 5.64. The molecule has 0 atom stereocenters. The Labute approximate surface area is 105 Å². The van der Waals surface area contributed by atoms with Crippen LogP contribution in [0, 0.1) is 18.3 Å². The molecule has 0 aliphatic carbocycles. The normalized spacial score (nSPS) is 15.8. The number of anilines is 1. The van der Waals surface area contributed by atoms with Gasteiger partial charge in [0.2, 0.25) is 11.8 Å². The molecule has 0 N–H and O–H groups in total. The van der Waals surface area contributed by atoms with Gasteiger partial charge in [-0.25, -0.2) is 0 Å². The molecule has 5 heteroatoms. The minimum atomic E-state index is -0.323. The van der Waals surface area contributed by atoms with Gasteiger partial charge in [-0.15, -0.1) is 0 Å². The Hall–Kier alpha value is -2.35. The van der Waals surface area contributed by atoms with E-state index in [1.165, 1.54) is 0 Å². The molecule has 1 heterocycles. The zero-order chi connectivity index (χ0) is 13.1. The van der Waals surface area contributed by atoms with E-state index in [4.69, 9.17) is 5.26 Å². The van der Waals surface area contributed by atoms with Gasteiger partial charge in [0.15, 0.2) is 0 Å². The van der Waals surface area contributed by atoms with Crippen molar-refractivity contribution in [1.29, 1.82) is 5.26 Å². The molecule has 0 bridgehead atoms. The van der Waals surface area contributed by atoms with Crippen LogP contribution in [0.2, 0.25) is 0 Å². The number of para-hydroxylation sites is 1. The fourth-order valence-corrected chi connectivity index (χ4v) is 2.03. The van der Waals surface area contributed by atoms with Gasteiger partial charge in [-0.05, 0) is 18.6 Å². The molecule has 1 aromatic rings. The monoisotopic (exact) mass is 243 g/mol. The van der Waals surface area contributed by atoms with Crippen LogP contribution in [0.25, 0.3) is 0 Å². The van der Waals surface area contributed by atoms with Crippen LogP contribution in [0.4, 0.5) is 5.69 Å². The highest BCUT2D eigenvalue weighted by atomic mass is 16.2. The number of hydrogen-bond donors (Lipinski definition) is 0. The number of carbonyl (C=O) groups excluding carboxylic acids is 2. The molecule has 2 rings (SSSR count). The van der Waals surface area contributed by atoms with Crippen molar-refractivity contribution in [2.24, 2.45) is 0 Å². The molecule has 0 unspecified atom stereocenters. The maximum atomic E-state index is 11.8. The van der Waals surface area contributed by atoms with Crippen LogP contribution in [0.15, 0.2) is 24.3 Å². The summed E-state index contributed by atoms with van der Waals surface area (Å²) in [5.74, 6) is -0.646. The fourth-order valence-electron chi connectivity index (χ4n) is 2.03. The van der Waals surface area contributed by atoms with Crippen LogP contribution in [-0.4, -0.2) is 36.3 Å². The number of piperazine rings is 1. The lowest BCUT2D eigenvalue weighted by atomic mass is 10.1. The van der Waals surface area contributed by atoms with E-state index >= 15 is 0 Å². The van der Waals surface area contributed by atoms with Crippen LogP contribution in [0.1, 0.15) is 5.56 Å². The van der Waals surface area contributed by atoms with E-state index in [-0.39, 0.29) is 31.4 Å². The summed E-state index contributed by atoms with van der Waals surface area (Å²) in [5.41, 5.74) is 1.91. The van der Waals surface area contributed by atoms with Crippen LogP contribution in [0.3, 0.4) is 0 Å². The predicted octanol–water partition coefficient (Wildman–Crippen LogP) is 0.694. The molecule has 1 aliphatic heterocycles. The van der Waals surface area contributed by atoms with Crippen LogP contribution in [-0.2, 0) is 9.59 Å². The first-order valence-corrected chi connectivity index (χ1v) is 5.64.